The standard InChI is InChI=1S/C26H56O3Si2/c1-14-15-16-17-25(28-30(19(2)3,20(4)5)21(6)7)26(18-27)29-31(22(8)9,23(10)11)24(12)13/h18-26H,14-17H2,1-13H3. The van der Waals surface area contributed by atoms with Gasteiger partial charge in [-0.15, -0.1) is 0 Å². The van der Waals surface area contributed by atoms with Crippen LogP contribution in [0.2, 0.25) is 33.2 Å². The summed E-state index contributed by atoms with van der Waals surface area (Å²) in [5.41, 5.74) is 2.85. The molecule has 0 aliphatic heterocycles. The third-order valence-corrected chi connectivity index (χ3v) is 19.9. The van der Waals surface area contributed by atoms with Crippen molar-refractivity contribution in [3.05, 3.63) is 0 Å². The first-order chi connectivity index (χ1) is 14.2. The van der Waals surface area contributed by atoms with E-state index >= 15 is 0 Å². The van der Waals surface area contributed by atoms with Crippen LogP contribution in [0.25, 0.3) is 0 Å². The third-order valence-electron chi connectivity index (χ3n) is 7.70. The van der Waals surface area contributed by atoms with Gasteiger partial charge in [-0.2, -0.15) is 0 Å². The van der Waals surface area contributed by atoms with E-state index in [1.807, 2.05) is 0 Å². The fourth-order valence-electron chi connectivity index (χ4n) is 6.39. The minimum atomic E-state index is -2.17. The Morgan fingerprint density at radius 3 is 1.26 bits per heavy atom. The monoisotopic (exact) mass is 472 g/mol. The van der Waals surface area contributed by atoms with Crippen LogP contribution >= 0.6 is 0 Å². The highest BCUT2D eigenvalue weighted by Gasteiger charge is 2.51. The first kappa shape index (κ1) is 31.0. The molecule has 0 aliphatic carbocycles. The van der Waals surface area contributed by atoms with Crippen molar-refractivity contribution in [2.75, 3.05) is 0 Å². The summed E-state index contributed by atoms with van der Waals surface area (Å²) in [5.74, 6) is 0. The second kappa shape index (κ2) is 13.7. The topological polar surface area (TPSA) is 35.5 Å². The molecule has 0 fully saturated rings. The normalized spacial score (nSPS) is 15.7. The molecule has 0 spiro atoms. The Kier molecular flexibility index (Phi) is 13.7. The van der Waals surface area contributed by atoms with Crippen LogP contribution in [0.1, 0.15) is 116 Å². The van der Waals surface area contributed by atoms with E-state index in [9.17, 15) is 4.79 Å². The van der Waals surface area contributed by atoms with Gasteiger partial charge in [0.05, 0.1) is 6.10 Å². The molecular formula is C26H56O3Si2. The minimum absolute atomic E-state index is 0.133. The summed E-state index contributed by atoms with van der Waals surface area (Å²) in [6.45, 7) is 29.9. The molecule has 0 heterocycles. The lowest BCUT2D eigenvalue weighted by Gasteiger charge is -2.48. The van der Waals surface area contributed by atoms with Gasteiger partial charge in [0.1, 0.15) is 12.4 Å². The van der Waals surface area contributed by atoms with E-state index in [4.69, 9.17) is 8.85 Å². The van der Waals surface area contributed by atoms with Gasteiger partial charge in [-0.05, 0) is 39.7 Å². The van der Waals surface area contributed by atoms with Gasteiger partial charge in [-0.3, -0.25) is 0 Å². The summed E-state index contributed by atoms with van der Waals surface area (Å²) in [6, 6.07) is 0. The van der Waals surface area contributed by atoms with Gasteiger partial charge in [0.25, 0.3) is 0 Å². The molecule has 31 heavy (non-hydrogen) atoms. The molecule has 3 nitrogen and oxygen atoms in total. The van der Waals surface area contributed by atoms with Gasteiger partial charge in [0.2, 0.25) is 16.6 Å². The SMILES string of the molecule is CCCCCC(O[Si](C(C)C)(C(C)C)C(C)C)C(C=O)O[Si](C(C)C)(C(C)C)C(C)C. The molecule has 0 saturated carbocycles. The summed E-state index contributed by atoms with van der Waals surface area (Å²) in [5, 5.41) is 0. The highest BCUT2D eigenvalue weighted by atomic mass is 28.4. The molecule has 5 heteroatoms. The smallest absolute Gasteiger partial charge is 0.201 e. The van der Waals surface area contributed by atoms with Crippen molar-refractivity contribution in [1.29, 1.82) is 0 Å². The van der Waals surface area contributed by atoms with Crippen LogP contribution in [0.3, 0.4) is 0 Å². The quantitative estimate of drug-likeness (QED) is 0.128. The Hall–Kier alpha value is 0.0238. The van der Waals surface area contributed by atoms with Crippen molar-refractivity contribution >= 4 is 22.9 Å². The molecule has 2 unspecified atom stereocenters. The Morgan fingerprint density at radius 1 is 0.613 bits per heavy atom. The predicted octanol–water partition coefficient (Wildman–Crippen LogP) is 8.89. The second-order valence-electron chi connectivity index (χ2n) is 11.5. The van der Waals surface area contributed by atoms with Crippen molar-refractivity contribution < 1.29 is 13.6 Å². The zero-order chi connectivity index (χ0) is 24.6. The number of carbonyl (C=O) groups is 1. The van der Waals surface area contributed by atoms with Crippen LogP contribution in [0.15, 0.2) is 0 Å². The van der Waals surface area contributed by atoms with Crippen LogP contribution in [-0.2, 0) is 13.6 Å². The number of rotatable bonds is 16. The molecule has 0 saturated heterocycles. The maximum absolute atomic E-state index is 12.6. The Labute approximate surface area is 197 Å². The number of aldehydes is 1. The lowest BCUT2D eigenvalue weighted by atomic mass is 10.1. The van der Waals surface area contributed by atoms with Crippen LogP contribution in [-0.4, -0.2) is 35.1 Å². The van der Waals surface area contributed by atoms with E-state index in [1.54, 1.807) is 0 Å². The van der Waals surface area contributed by atoms with Gasteiger partial charge in [0, 0.05) is 0 Å². The average molecular weight is 473 g/mol. The third kappa shape index (κ3) is 7.25. The van der Waals surface area contributed by atoms with Gasteiger partial charge in [0.15, 0.2) is 0 Å². The van der Waals surface area contributed by atoms with Crippen molar-refractivity contribution in [3.8, 4) is 0 Å². The molecule has 0 amide bonds. The molecule has 0 bridgehead atoms. The Morgan fingerprint density at radius 2 is 0.968 bits per heavy atom. The van der Waals surface area contributed by atoms with Crippen molar-refractivity contribution in [1.82, 2.24) is 0 Å². The van der Waals surface area contributed by atoms with Crippen LogP contribution in [0.4, 0.5) is 0 Å². The first-order valence-electron chi connectivity index (χ1n) is 13.1. The van der Waals surface area contributed by atoms with Gasteiger partial charge >= 0.3 is 0 Å². The molecule has 186 valence electrons. The zero-order valence-electron chi connectivity index (χ0n) is 23.2. The van der Waals surface area contributed by atoms with Crippen molar-refractivity contribution in [2.24, 2.45) is 0 Å². The van der Waals surface area contributed by atoms with Gasteiger partial charge in [-0.1, -0.05) is 109 Å². The number of hydrogen-bond acceptors (Lipinski definition) is 3. The van der Waals surface area contributed by atoms with Crippen molar-refractivity contribution in [2.45, 2.75) is 161 Å². The lowest BCUT2D eigenvalue weighted by Crippen LogP contribution is -2.57. The summed E-state index contributed by atoms with van der Waals surface area (Å²) in [4.78, 5) is 12.6. The first-order valence-corrected chi connectivity index (χ1v) is 17.3. The molecule has 0 aromatic rings. The van der Waals surface area contributed by atoms with Gasteiger partial charge < -0.3 is 13.6 Å². The lowest BCUT2D eigenvalue weighted by molar-refractivity contribution is -0.119. The molecule has 0 rings (SSSR count). The summed E-state index contributed by atoms with van der Waals surface area (Å²) < 4.78 is 14.2. The molecule has 0 aromatic heterocycles. The minimum Gasteiger partial charge on any atom is -0.410 e. The summed E-state index contributed by atoms with van der Waals surface area (Å²) >= 11 is 0. The number of unbranched alkanes of at least 4 members (excludes halogenated alkanes) is 2. The van der Waals surface area contributed by atoms with E-state index in [0.29, 0.717) is 33.2 Å². The predicted molar refractivity (Wildman–Crippen MR) is 142 cm³/mol. The largest absolute Gasteiger partial charge is 0.410 e. The Bertz CT molecular complexity index is 457. The van der Waals surface area contributed by atoms with E-state index in [-0.39, 0.29) is 6.10 Å². The highest BCUT2D eigenvalue weighted by molar-refractivity contribution is 6.78. The van der Waals surface area contributed by atoms with Crippen LogP contribution in [0, 0.1) is 0 Å². The number of carbonyl (C=O) groups excluding carboxylic acids is 1. The van der Waals surface area contributed by atoms with Gasteiger partial charge in [-0.25, -0.2) is 0 Å². The second-order valence-corrected chi connectivity index (χ2v) is 22.3. The maximum atomic E-state index is 12.6. The fraction of sp³-hybridized carbons (Fsp3) is 0.962. The number of hydrogen-bond donors (Lipinski definition) is 0. The van der Waals surface area contributed by atoms with E-state index in [0.717, 1.165) is 19.1 Å². The molecule has 0 radical (unpaired) electrons. The van der Waals surface area contributed by atoms with E-state index < -0.39 is 22.7 Å². The average Bonchev–Trinajstić information content (AvgIpc) is 2.64. The van der Waals surface area contributed by atoms with Crippen molar-refractivity contribution in [3.63, 3.8) is 0 Å². The summed E-state index contributed by atoms with van der Waals surface area (Å²) in [7, 11) is -4.28. The molecule has 0 aromatic carbocycles. The maximum Gasteiger partial charge on any atom is 0.201 e. The van der Waals surface area contributed by atoms with E-state index in [1.165, 1.54) is 12.8 Å². The molecule has 2 atom stereocenters. The molecule has 0 N–H and O–H groups in total. The van der Waals surface area contributed by atoms with Crippen LogP contribution in [0.5, 0.6) is 0 Å². The molecule has 0 aliphatic rings. The Balaban J connectivity index is 6.29. The van der Waals surface area contributed by atoms with Crippen LogP contribution < -0.4 is 0 Å². The fourth-order valence-corrected chi connectivity index (χ4v) is 17.5. The molecular weight excluding hydrogens is 416 g/mol. The zero-order valence-corrected chi connectivity index (χ0v) is 25.2. The van der Waals surface area contributed by atoms with E-state index in [2.05, 4.69) is 90.0 Å². The highest BCUT2D eigenvalue weighted by Crippen LogP contribution is 2.46. The summed E-state index contributed by atoms with van der Waals surface area (Å²) in [6.07, 6.45) is 4.83.